The van der Waals surface area contributed by atoms with Crippen LogP contribution in [0, 0.1) is 5.92 Å². The van der Waals surface area contributed by atoms with Crippen molar-refractivity contribution < 1.29 is 5.11 Å². The van der Waals surface area contributed by atoms with Crippen LogP contribution >= 0.6 is 0 Å². The van der Waals surface area contributed by atoms with Crippen LogP contribution in [0.2, 0.25) is 0 Å². The van der Waals surface area contributed by atoms with Crippen LogP contribution in [0.4, 0.5) is 0 Å². The van der Waals surface area contributed by atoms with Crippen LogP contribution in [0.3, 0.4) is 0 Å². The lowest BCUT2D eigenvalue weighted by atomic mass is 9.76. The Bertz CT molecular complexity index is 312. The zero-order chi connectivity index (χ0) is 10.7. The van der Waals surface area contributed by atoms with E-state index < -0.39 is 5.60 Å². The van der Waals surface area contributed by atoms with Gasteiger partial charge in [-0.3, -0.25) is 4.98 Å². The van der Waals surface area contributed by atoms with Gasteiger partial charge in [-0.25, -0.2) is 0 Å². The Hall–Kier alpha value is -0.890. The molecule has 82 valence electrons. The molecule has 2 unspecified atom stereocenters. The minimum absolute atomic E-state index is 0.508. The maximum absolute atomic E-state index is 10.5. The summed E-state index contributed by atoms with van der Waals surface area (Å²) in [6.45, 7) is 2.22. The van der Waals surface area contributed by atoms with Gasteiger partial charge in [0.25, 0.3) is 0 Å². The van der Waals surface area contributed by atoms with Crippen molar-refractivity contribution >= 4 is 0 Å². The summed E-state index contributed by atoms with van der Waals surface area (Å²) in [6.07, 6.45) is 6.75. The van der Waals surface area contributed by atoms with Gasteiger partial charge in [0.1, 0.15) is 0 Å². The summed E-state index contributed by atoms with van der Waals surface area (Å²) in [7, 11) is 0. The van der Waals surface area contributed by atoms with Gasteiger partial charge >= 0.3 is 0 Å². The summed E-state index contributed by atoms with van der Waals surface area (Å²) in [4.78, 5) is 4.28. The molecule has 0 radical (unpaired) electrons. The maximum atomic E-state index is 10.5. The fourth-order valence-corrected chi connectivity index (χ4v) is 2.63. The first kappa shape index (κ1) is 10.6. The summed E-state index contributed by atoms with van der Waals surface area (Å²) in [5.74, 6) is 0.646. The lowest BCUT2D eigenvalue weighted by Gasteiger charge is -2.35. The molecule has 1 saturated carbocycles. The summed E-state index contributed by atoms with van der Waals surface area (Å²) in [6, 6.07) is 5.90. The first-order valence-corrected chi connectivity index (χ1v) is 5.80. The van der Waals surface area contributed by atoms with Crippen LogP contribution in [0.25, 0.3) is 0 Å². The Kier molecular flexibility index (Phi) is 3.06. The second-order valence-electron chi connectivity index (χ2n) is 4.92. The Labute approximate surface area is 91.4 Å². The van der Waals surface area contributed by atoms with Crippen LogP contribution in [0.5, 0.6) is 0 Å². The first-order valence-electron chi connectivity index (χ1n) is 5.80. The molecule has 0 bridgehead atoms. The smallest absolute Gasteiger partial charge is 0.0705 e. The molecule has 0 aliphatic heterocycles. The molecule has 2 atom stereocenters. The van der Waals surface area contributed by atoms with E-state index in [1.807, 2.05) is 18.2 Å². The molecular weight excluding hydrogens is 186 g/mol. The third kappa shape index (κ3) is 2.78. The molecule has 0 aromatic carbocycles. The molecule has 15 heavy (non-hydrogen) atoms. The van der Waals surface area contributed by atoms with Crippen LogP contribution < -0.4 is 0 Å². The van der Waals surface area contributed by atoms with E-state index >= 15 is 0 Å². The number of hydrogen-bond acceptors (Lipinski definition) is 2. The van der Waals surface area contributed by atoms with Gasteiger partial charge in [0.05, 0.1) is 5.60 Å². The van der Waals surface area contributed by atoms with E-state index in [0.29, 0.717) is 12.3 Å². The summed E-state index contributed by atoms with van der Waals surface area (Å²) in [5, 5.41) is 10.5. The summed E-state index contributed by atoms with van der Waals surface area (Å²) < 4.78 is 0. The standard InChI is InChI=1S/C13H19NO/c1-11-5-4-7-13(15,9-11)10-12-6-2-3-8-14-12/h2-3,6,8,11,15H,4-5,7,9-10H2,1H3. The molecule has 1 aliphatic carbocycles. The largest absolute Gasteiger partial charge is 0.389 e. The van der Waals surface area contributed by atoms with Crippen LogP contribution in [0.15, 0.2) is 24.4 Å². The van der Waals surface area contributed by atoms with Crippen molar-refractivity contribution in [1.29, 1.82) is 0 Å². The predicted octanol–water partition coefficient (Wildman–Crippen LogP) is 2.57. The lowest BCUT2D eigenvalue weighted by molar-refractivity contribution is -0.0131. The molecule has 2 nitrogen and oxygen atoms in total. The van der Waals surface area contributed by atoms with Gasteiger partial charge in [-0.2, -0.15) is 0 Å². The second kappa shape index (κ2) is 4.31. The van der Waals surface area contributed by atoms with Crippen molar-refractivity contribution in [3.05, 3.63) is 30.1 Å². The minimum atomic E-state index is -0.508. The Morgan fingerprint density at radius 1 is 1.53 bits per heavy atom. The third-order valence-corrected chi connectivity index (χ3v) is 3.30. The predicted molar refractivity (Wildman–Crippen MR) is 60.5 cm³/mol. The van der Waals surface area contributed by atoms with Crippen molar-refractivity contribution in [3.63, 3.8) is 0 Å². The SMILES string of the molecule is CC1CCCC(O)(Cc2ccccn2)C1. The second-order valence-corrected chi connectivity index (χ2v) is 4.92. The van der Waals surface area contributed by atoms with Gasteiger partial charge in [-0.1, -0.05) is 25.8 Å². The average molecular weight is 205 g/mol. The van der Waals surface area contributed by atoms with Crippen LogP contribution in [0.1, 0.15) is 38.3 Å². The topological polar surface area (TPSA) is 33.1 Å². The highest BCUT2D eigenvalue weighted by atomic mass is 16.3. The first-order chi connectivity index (χ1) is 7.18. The fourth-order valence-electron chi connectivity index (χ4n) is 2.63. The van der Waals surface area contributed by atoms with E-state index in [9.17, 15) is 5.11 Å². The normalized spacial score (nSPS) is 31.5. The number of aromatic nitrogens is 1. The van der Waals surface area contributed by atoms with E-state index in [1.54, 1.807) is 6.20 Å². The third-order valence-electron chi connectivity index (χ3n) is 3.30. The molecule has 1 aromatic heterocycles. The van der Waals surface area contributed by atoms with E-state index in [0.717, 1.165) is 25.0 Å². The average Bonchev–Trinajstić information content (AvgIpc) is 2.18. The van der Waals surface area contributed by atoms with E-state index in [4.69, 9.17) is 0 Å². The monoisotopic (exact) mass is 205 g/mol. The fraction of sp³-hybridized carbons (Fsp3) is 0.615. The number of rotatable bonds is 2. The minimum Gasteiger partial charge on any atom is -0.389 e. The molecule has 1 aliphatic rings. The molecule has 1 heterocycles. The Morgan fingerprint density at radius 2 is 2.40 bits per heavy atom. The van der Waals surface area contributed by atoms with E-state index in [1.165, 1.54) is 6.42 Å². The molecule has 1 fully saturated rings. The Morgan fingerprint density at radius 3 is 3.07 bits per heavy atom. The molecule has 2 heteroatoms. The Balaban J connectivity index is 2.04. The van der Waals surface area contributed by atoms with Crippen LogP contribution in [-0.2, 0) is 6.42 Å². The highest BCUT2D eigenvalue weighted by Crippen LogP contribution is 2.34. The molecular formula is C13H19NO. The van der Waals surface area contributed by atoms with Gasteiger partial charge in [-0.15, -0.1) is 0 Å². The molecule has 0 amide bonds. The van der Waals surface area contributed by atoms with Gasteiger partial charge in [0.15, 0.2) is 0 Å². The summed E-state index contributed by atoms with van der Waals surface area (Å²) in [5.41, 5.74) is 0.501. The number of aliphatic hydroxyl groups is 1. The van der Waals surface area contributed by atoms with Crippen molar-refractivity contribution in [2.45, 2.75) is 44.6 Å². The molecule has 0 saturated heterocycles. The van der Waals surface area contributed by atoms with Crippen molar-refractivity contribution in [2.24, 2.45) is 5.92 Å². The van der Waals surface area contributed by atoms with Crippen molar-refractivity contribution in [1.82, 2.24) is 4.98 Å². The number of nitrogens with zero attached hydrogens (tertiary/aromatic N) is 1. The van der Waals surface area contributed by atoms with E-state index in [-0.39, 0.29) is 0 Å². The highest BCUT2D eigenvalue weighted by molar-refractivity contribution is 5.07. The molecule has 2 rings (SSSR count). The van der Waals surface area contributed by atoms with Gasteiger partial charge in [-0.05, 0) is 30.9 Å². The molecule has 1 N–H and O–H groups in total. The molecule has 1 aromatic rings. The van der Waals surface area contributed by atoms with Gasteiger partial charge in [0.2, 0.25) is 0 Å². The number of pyridine rings is 1. The van der Waals surface area contributed by atoms with Gasteiger partial charge < -0.3 is 5.11 Å². The zero-order valence-electron chi connectivity index (χ0n) is 9.32. The lowest BCUT2D eigenvalue weighted by Crippen LogP contribution is -2.37. The quantitative estimate of drug-likeness (QED) is 0.805. The molecule has 0 spiro atoms. The van der Waals surface area contributed by atoms with E-state index in [2.05, 4.69) is 11.9 Å². The summed E-state index contributed by atoms with van der Waals surface area (Å²) >= 11 is 0. The zero-order valence-corrected chi connectivity index (χ0v) is 9.32. The highest BCUT2D eigenvalue weighted by Gasteiger charge is 2.32. The maximum Gasteiger partial charge on any atom is 0.0705 e. The number of hydrogen-bond donors (Lipinski definition) is 1. The van der Waals surface area contributed by atoms with Crippen molar-refractivity contribution in [3.8, 4) is 0 Å². The van der Waals surface area contributed by atoms with Crippen LogP contribution in [-0.4, -0.2) is 15.7 Å². The van der Waals surface area contributed by atoms with Gasteiger partial charge in [0, 0.05) is 18.3 Å². The van der Waals surface area contributed by atoms with Crippen molar-refractivity contribution in [2.75, 3.05) is 0 Å².